The first-order chi connectivity index (χ1) is 17.5. The normalized spacial score (nSPS) is 19.6. The average molecular weight is 493 g/mol. The van der Waals surface area contributed by atoms with E-state index in [0.717, 1.165) is 56.1 Å². The van der Waals surface area contributed by atoms with Gasteiger partial charge in [0.1, 0.15) is 6.04 Å². The number of nitriles is 1. The zero-order valence-electron chi connectivity index (χ0n) is 21.4. The number of amides is 2. The number of benzene rings is 1. The highest BCUT2D eigenvalue weighted by Crippen LogP contribution is 2.29. The number of carbonyl (C=O) groups excluding carboxylic acids is 3. The molecule has 1 aromatic heterocycles. The number of ether oxygens (including phenoxy) is 1. The van der Waals surface area contributed by atoms with Gasteiger partial charge in [0.15, 0.2) is 0 Å². The Hall–Kier alpha value is -3.34. The number of hydrogen-bond donors (Lipinski definition) is 0. The lowest BCUT2D eigenvalue weighted by Crippen LogP contribution is -2.49. The maximum absolute atomic E-state index is 13.6. The molecule has 0 aliphatic carbocycles. The molecule has 0 spiro atoms. The van der Waals surface area contributed by atoms with Gasteiger partial charge in [0.2, 0.25) is 11.8 Å². The number of rotatable bonds is 9. The fourth-order valence-corrected chi connectivity index (χ4v) is 5.80. The lowest BCUT2D eigenvalue weighted by Gasteiger charge is -2.31. The Morgan fingerprint density at radius 2 is 1.83 bits per heavy atom. The van der Waals surface area contributed by atoms with E-state index >= 15 is 0 Å². The molecule has 2 amide bonds. The molecule has 192 valence electrons. The first kappa shape index (κ1) is 25.7. The summed E-state index contributed by atoms with van der Waals surface area (Å²) < 4.78 is 7.20. The topological polar surface area (TPSA) is 95.6 Å². The molecular weight excluding hydrogens is 456 g/mol. The quantitative estimate of drug-likeness (QED) is 0.496. The third-order valence-corrected chi connectivity index (χ3v) is 7.54. The van der Waals surface area contributed by atoms with Crippen molar-refractivity contribution in [3.05, 3.63) is 35.5 Å². The van der Waals surface area contributed by atoms with Gasteiger partial charge < -0.3 is 19.1 Å². The number of nitrogens with zero attached hydrogens (tertiary/aromatic N) is 4. The summed E-state index contributed by atoms with van der Waals surface area (Å²) in [6.07, 6.45) is 5.30. The summed E-state index contributed by atoms with van der Waals surface area (Å²) in [7, 11) is 0. The molecule has 2 fully saturated rings. The van der Waals surface area contributed by atoms with Crippen LogP contribution >= 0.6 is 0 Å². The summed E-state index contributed by atoms with van der Waals surface area (Å²) in [5.74, 6) is -0.464. The van der Waals surface area contributed by atoms with E-state index in [4.69, 9.17) is 4.74 Å². The SMILES string of the molecule is CCOC(=O)CCC(=O)N1CCC[C@@H]1C(=O)N1CCC[C@H]1CCc1cc2ccc(C#N)cc2n1CC. The zero-order chi connectivity index (χ0) is 25.7. The van der Waals surface area contributed by atoms with E-state index in [1.807, 2.05) is 23.1 Å². The second-order valence-electron chi connectivity index (χ2n) is 9.68. The van der Waals surface area contributed by atoms with E-state index in [0.29, 0.717) is 25.1 Å². The predicted octanol–water partition coefficient (Wildman–Crippen LogP) is 3.79. The highest BCUT2D eigenvalue weighted by Gasteiger charge is 2.39. The Kier molecular flexibility index (Phi) is 8.29. The number of fused-ring (bicyclic) bond motifs is 1. The smallest absolute Gasteiger partial charge is 0.306 e. The first-order valence-corrected chi connectivity index (χ1v) is 13.2. The number of hydrogen-bond acceptors (Lipinski definition) is 5. The summed E-state index contributed by atoms with van der Waals surface area (Å²) >= 11 is 0. The van der Waals surface area contributed by atoms with Crippen molar-refractivity contribution in [1.82, 2.24) is 14.4 Å². The van der Waals surface area contributed by atoms with E-state index in [9.17, 15) is 19.6 Å². The van der Waals surface area contributed by atoms with Crippen molar-refractivity contribution in [2.24, 2.45) is 0 Å². The van der Waals surface area contributed by atoms with Gasteiger partial charge in [0, 0.05) is 43.3 Å². The van der Waals surface area contributed by atoms with E-state index < -0.39 is 6.04 Å². The number of carbonyl (C=O) groups is 3. The third-order valence-electron chi connectivity index (χ3n) is 7.54. The third kappa shape index (κ3) is 5.40. The molecule has 3 heterocycles. The van der Waals surface area contributed by atoms with Crippen molar-refractivity contribution in [2.75, 3.05) is 19.7 Å². The van der Waals surface area contributed by atoms with Crippen LogP contribution in [0.25, 0.3) is 10.9 Å². The van der Waals surface area contributed by atoms with E-state index in [2.05, 4.69) is 23.6 Å². The molecule has 2 aliphatic rings. The van der Waals surface area contributed by atoms with Gasteiger partial charge in [-0.3, -0.25) is 14.4 Å². The molecule has 2 atom stereocenters. The molecule has 0 radical (unpaired) electrons. The van der Waals surface area contributed by atoms with Crippen LogP contribution in [0.2, 0.25) is 0 Å². The van der Waals surface area contributed by atoms with Gasteiger partial charge in [0.25, 0.3) is 0 Å². The van der Waals surface area contributed by atoms with Crippen LogP contribution in [0.15, 0.2) is 24.3 Å². The van der Waals surface area contributed by atoms with Crippen LogP contribution in [0.1, 0.15) is 70.1 Å². The number of esters is 1. The summed E-state index contributed by atoms with van der Waals surface area (Å²) in [6.45, 7) is 6.28. The van der Waals surface area contributed by atoms with Crippen LogP contribution in [-0.4, -0.2) is 63.9 Å². The van der Waals surface area contributed by atoms with E-state index in [1.165, 1.54) is 5.69 Å². The molecule has 2 saturated heterocycles. The molecule has 0 N–H and O–H groups in total. The fourth-order valence-electron chi connectivity index (χ4n) is 5.80. The molecule has 36 heavy (non-hydrogen) atoms. The van der Waals surface area contributed by atoms with Gasteiger partial charge in [-0.2, -0.15) is 5.26 Å². The van der Waals surface area contributed by atoms with Crippen LogP contribution < -0.4 is 0 Å². The number of aromatic nitrogens is 1. The van der Waals surface area contributed by atoms with Crippen LogP contribution in [0, 0.1) is 11.3 Å². The summed E-state index contributed by atoms with van der Waals surface area (Å²) in [4.78, 5) is 41.7. The second kappa shape index (κ2) is 11.6. The molecule has 8 heteroatoms. The van der Waals surface area contributed by atoms with Gasteiger partial charge >= 0.3 is 5.97 Å². The van der Waals surface area contributed by atoms with Crippen LogP contribution in [0.4, 0.5) is 0 Å². The van der Waals surface area contributed by atoms with E-state index in [1.54, 1.807) is 11.8 Å². The Balaban J connectivity index is 1.40. The summed E-state index contributed by atoms with van der Waals surface area (Å²) in [5, 5.41) is 10.4. The maximum Gasteiger partial charge on any atom is 0.306 e. The monoisotopic (exact) mass is 492 g/mol. The van der Waals surface area contributed by atoms with Gasteiger partial charge in [0.05, 0.1) is 24.7 Å². The number of likely N-dealkylation sites (tertiary alicyclic amines) is 2. The number of aryl methyl sites for hydroxylation is 2. The molecule has 0 saturated carbocycles. The van der Waals surface area contributed by atoms with Crippen molar-refractivity contribution >= 4 is 28.7 Å². The van der Waals surface area contributed by atoms with Gasteiger partial charge in [-0.05, 0) is 76.0 Å². The van der Waals surface area contributed by atoms with Crippen LogP contribution in [0.5, 0.6) is 0 Å². The Morgan fingerprint density at radius 1 is 1.06 bits per heavy atom. The lowest BCUT2D eigenvalue weighted by molar-refractivity contribution is -0.147. The minimum Gasteiger partial charge on any atom is -0.466 e. The lowest BCUT2D eigenvalue weighted by atomic mass is 10.1. The van der Waals surface area contributed by atoms with Crippen molar-refractivity contribution in [2.45, 2.75) is 83.8 Å². The van der Waals surface area contributed by atoms with Crippen LogP contribution in [-0.2, 0) is 32.1 Å². The zero-order valence-corrected chi connectivity index (χ0v) is 21.4. The minimum atomic E-state index is -0.424. The highest BCUT2D eigenvalue weighted by molar-refractivity contribution is 5.89. The van der Waals surface area contributed by atoms with E-state index in [-0.39, 0.29) is 36.7 Å². The largest absolute Gasteiger partial charge is 0.466 e. The van der Waals surface area contributed by atoms with Crippen molar-refractivity contribution in [3.8, 4) is 6.07 Å². The highest BCUT2D eigenvalue weighted by atomic mass is 16.5. The maximum atomic E-state index is 13.6. The summed E-state index contributed by atoms with van der Waals surface area (Å²) in [6, 6.07) is 9.96. The fraction of sp³-hybridized carbons (Fsp3) is 0.571. The minimum absolute atomic E-state index is 0.0502. The van der Waals surface area contributed by atoms with Gasteiger partial charge in [-0.1, -0.05) is 6.07 Å². The van der Waals surface area contributed by atoms with Crippen molar-refractivity contribution < 1.29 is 19.1 Å². The Morgan fingerprint density at radius 3 is 2.58 bits per heavy atom. The Labute approximate surface area is 212 Å². The molecule has 1 aromatic carbocycles. The van der Waals surface area contributed by atoms with Crippen molar-refractivity contribution in [3.63, 3.8) is 0 Å². The van der Waals surface area contributed by atoms with Gasteiger partial charge in [-0.15, -0.1) is 0 Å². The van der Waals surface area contributed by atoms with Gasteiger partial charge in [-0.25, -0.2) is 0 Å². The van der Waals surface area contributed by atoms with Crippen LogP contribution in [0.3, 0.4) is 0 Å². The molecule has 0 unspecified atom stereocenters. The van der Waals surface area contributed by atoms with Crippen molar-refractivity contribution in [1.29, 1.82) is 5.26 Å². The average Bonchev–Trinajstić information content (AvgIpc) is 3.63. The summed E-state index contributed by atoms with van der Waals surface area (Å²) in [5.41, 5.74) is 2.96. The standard InChI is InChI=1S/C28H36N4O4/c1-3-30-23(18-21-10-9-20(19-29)17-25(21)30)12-11-22-7-5-15-31(22)28(35)24-8-6-16-32(24)26(33)13-14-27(34)36-4-2/h9-10,17-18,22,24H,3-8,11-16H2,1-2H3/t22-,24+/m0/s1. The molecule has 2 aliphatic heterocycles. The first-order valence-electron chi connectivity index (χ1n) is 13.2. The molecule has 4 rings (SSSR count). The predicted molar refractivity (Wildman–Crippen MR) is 136 cm³/mol. The second-order valence-corrected chi connectivity index (χ2v) is 9.68. The molecule has 2 aromatic rings. The molecule has 0 bridgehead atoms. The Bertz CT molecular complexity index is 1160. The molecular formula is C28H36N4O4. The molecule has 8 nitrogen and oxygen atoms in total.